The summed E-state index contributed by atoms with van der Waals surface area (Å²) in [6.07, 6.45) is 4.69. The van der Waals surface area contributed by atoms with Gasteiger partial charge in [-0.15, -0.1) is 0 Å². The number of sulfone groups is 1. The fourth-order valence-electron chi connectivity index (χ4n) is 4.19. The van der Waals surface area contributed by atoms with Gasteiger partial charge in [-0.1, -0.05) is 19.6 Å². The lowest BCUT2D eigenvalue weighted by atomic mass is 10.0. The molecule has 0 atom stereocenters. The van der Waals surface area contributed by atoms with Crippen LogP contribution in [0.3, 0.4) is 0 Å². The van der Waals surface area contributed by atoms with E-state index in [-0.39, 0.29) is 7.43 Å². The van der Waals surface area contributed by atoms with Crippen LogP contribution in [0, 0.1) is 6.92 Å². The molecule has 0 spiro atoms. The highest BCUT2D eigenvalue weighted by Gasteiger charge is 2.21. The van der Waals surface area contributed by atoms with E-state index in [1.807, 2.05) is 25.3 Å². The van der Waals surface area contributed by atoms with Gasteiger partial charge in [-0.3, -0.25) is 5.10 Å². The van der Waals surface area contributed by atoms with E-state index in [9.17, 15) is 8.42 Å². The molecule has 5 rings (SSSR count). The van der Waals surface area contributed by atoms with Gasteiger partial charge in [0, 0.05) is 54.8 Å². The summed E-state index contributed by atoms with van der Waals surface area (Å²) in [5.41, 5.74) is 5.00. The van der Waals surface area contributed by atoms with Crippen molar-refractivity contribution in [2.75, 3.05) is 42.2 Å². The average molecular weight is 465 g/mol. The number of aryl methyl sites for hydroxylation is 1. The van der Waals surface area contributed by atoms with Crippen molar-refractivity contribution in [3.63, 3.8) is 0 Å². The molecule has 0 radical (unpaired) electrons. The molecule has 0 aliphatic carbocycles. The number of benzene rings is 2. The summed E-state index contributed by atoms with van der Waals surface area (Å²) < 4.78 is 23.8. The number of anilines is 2. The topological polar surface area (TPSA) is 95.1 Å². The second-order valence-electron chi connectivity index (χ2n) is 8.08. The number of nitrogens with one attached hydrogen (secondary N) is 1. The largest absolute Gasteiger partial charge is 0.368 e. The van der Waals surface area contributed by atoms with Crippen molar-refractivity contribution in [3.8, 4) is 11.1 Å². The van der Waals surface area contributed by atoms with E-state index in [4.69, 9.17) is 0 Å². The lowest BCUT2D eigenvalue weighted by Crippen LogP contribution is -2.47. The third kappa shape index (κ3) is 4.41. The van der Waals surface area contributed by atoms with E-state index < -0.39 is 9.84 Å². The molecule has 9 heteroatoms. The molecule has 1 fully saturated rings. The molecule has 172 valence electrons. The maximum Gasteiger partial charge on any atom is 0.175 e. The highest BCUT2D eigenvalue weighted by Crippen LogP contribution is 2.30. The first-order valence-electron chi connectivity index (χ1n) is 10.5. The Morgan fingerprint density at radius 2 is 1.73 bits per heavy atom. The van der Waals surface area contributed by atoms with Gasteiger partial charge in [0.05, 0.1) is 16.6 Å². The lowest BCUT2D eigenvalue weighted by molar-refractivity contribution is 0.601. The summed E-state index contributed by atoms with van der Waals surface area (Å²) in [4.78, 5) is 13.9. The van der Waals surface area contributed by atoms with Crippen LogP contribution in [0.25, 0.3) is 22.0 Å². The highest BCUT2D eigenvalue weighted by atomic mass is 32.2. The van der Waals surface area contributed by atoms with E-state index in [0.29, 0.717) is 4.90 Å². The van der Waals surface area contributed by atoms with Crippen molar-refractivity contribution in [1.29, 1.82) is 0 Å². The third-order valence-electron chi connectivity index (χ3n) is 5.95. The van der Waals surface area contributed by atoms with Crippen molar-refractivity contribution < 1.29 is 8.42 Å². The second-order valence-corrected chi connectivity index (χ2v) is 10.1. The van der Waals surface area contributed by atoms with Crippen LogP contribution in [0.1, 0.15) is 13.1 Å². The van der Waals surface area contributed by atoms with Gasteiger partial charge < -0.3 is 9.80 Å². The van der Waals surface area contributed by atoms with Gasteiger partial charge >= 0.3 is 0 Å². The predicted octanol–water partition coefficient (Wildman–Crippen LogP) is 3.69. The van der Waals surface area contributed by atoms with E-state index in [2.05, 4.69) is 42.1 Å². The van der Waals surface area contributed by atoms with Gasteiger partial charge in [0.1, 0.15) is 12.1 Å². The van der Waals surface area contributed by atoms with Gasteiger partial charge in [0.2, 0.25) is 0 Å². The SMILES string of the molecule is C.Cc1[nH]ncc1-c1ccc2ncnc(N3CCN(c4cccc(S(C)(=O)=O)c4)CC3)c2c1. The smallest absolute Gasteiger partial charge is 0.175 e. The van der Waals surface area contributed by atoms with Crippen molar-refractivity contribution in [1.82, 2.24) is 20.2 Å². The summed E-state index contributed by atoms with van der Waals surface area (Å²) in [7, 11) is -3.23. The Morgan fingerprint density at radius 1 is 0.970 bits per heavy atom. The van der Waals surface area contributed by atoms with Gasteiger partial charge in [-0.25, -0.2) is 18.4 Å². The first-order chi connectivity index (χ1) is 15.4. The molecule has 1 aliphatic heterocycles. The minimum atomic E-state index is -3.23. The number of nitrogens with zero attached hydrogens (tertiary/aromatic N) is 5. The standard InChI is InChI=1S/C23H24N6O2S.CH4/c1-16-21(14-26-27-16)17-6-7-22-20(12-17)23(25-15-24-22)29-10-8-28(9-11-29)18-4-3-5-19(13-18)32(2,30)31;/h3-7,12-15H,8-11H2,1-2H3,(H,26,27);1H4. The fraction of sp³-hybridized carbons (Fsp3) is 0.292. The molecule has 1 aliphatic rings. The van der Waals surface area contributed by atoms with Gasteiger partial charge in [-0.2, -0.15) is 5.10 Å². The van der Waals surface area contributed by atoms with Crippen LogP contribution >= 0.6 is 0 Å². The van der Waals surface area contributed by atoms with E-state index >= 15 is 0 Å². The van der Waals surface area contributed by atoms with Crippen LogP contribution in [0.2, 0.25) is 0 Å². The summed E-state index contributed by atoms with van der Waals surface area (Å²) in [5.74, 6) is 0.919. The first kappa shape index (κ1) is 22.7. The summed E-state index contributed by atoms with van der Waals surface area (Å²) in [6, 6.07) is 13.4. The van der Waals surface area contributed by atoms with Gasteiger partial charge in [0.15, 0.2) is 9.84 Å². The summed E-state index contributed by atoms with van der Waals surface area (Å²) >= 11 is 0. The molecule has 2 aromatic carbocycles. The molecular formula is C24H28N6O2S. The molecule has 1 saturated heterocycles. The third-order valence-corrected chi connectivity index (χ3v) is 7.06. The van der Waals surface area contributed by atoms with Crippen molar-refractivity contribution >= 4 is 32.2 Å². The molecule has 8 nitrogen and oxygen atoms in total. The second kappa shape index (κ2) is 8.82. The van der Waals surface area contributed by atoms with E-state index in [1.54, 1.807) is 24.5 Å². The fourth-order valence-corrected chi connectivity index (χ4v) is 4.85. The minimum Gasteiger partial charge on any atom is -0.368 e. The van der Waals surface area contributed by atoms with E-state index in [1.165, 1.54) is 6.26 Å². The first-order valence-corrected chi connectivity index (χ1v) is 12.3. The van der Waals surface area contributed by atoms with Crippen molar-refractivity contribution in [2.45, 2.75) is 19.2 Å². The van der Waals surface area contributed by atoms with Crippen LogP contribution in [-0.4, -0.2) is 61.0 Å². The Morgan fingerprint density at radius 3 is 2.42 bits per heavy atom. The van der Waals surface area contributed by atoms with Crippen LogP contribution in [-0.2, 0) is 9.84 Å². The predicted molar refractivity (Wildman–Crippen MR) is 133 cm³/mol. The molecule has 0 saturated carbocycles. The molecule has 3 heterocycles. The maximum absolute atomic E-state index is 11.9. The molecule has 4 aromatic rings. The number of piperazine rings is 1. The Bertz CT molecular complexity index is 1390. The number of hydrogen-bond acceptors (Lipinski definition) is 7. The molecule has 0 amide bonds. The van der Waals surface area contributed by atoms with E-state index in [0.717, 1.165) is 65.4 Å². The van der Waals surface area contributed by atoms with Crippen molar-refractivity contribution in [3.05, 3.63) is 60.7 Å². The molecule has 0 unspecified atom stereocenters. The summed E-state index contributed by atoms with van der Waals surface area (Å²) in [6.45, 7) is 5.12. The number of aromatic nitrogens is 4. The molecular weight excluding hydrogens is 436 g/mol. The van der Waals surface area contributed by atoms with Crippen molar-refractivity contribution in [2.24, 2.45) is 0 Å². The highest BCUT2D eigenvalue weighted by molar-refractivity contribution is 7.90. The van der Waals surface area contributed by atoms with Crippen LogP contribution in [0.15, 0.2) is 59.9 Å². The van der Waals surface area contributed by atoms with Gasteiger partial charge in [0.25, 0.3) is 0 Å². The Labute approximate surface area is 194 Å². The molecule has 0 bridgehead atoms. The van der Waals surface area contributed by atoms with Crippen LogP contribution in [0.5, 0.6) is 0 Å². The Hall–Kier alpha value is -3.46. The molecule has 1 N–H and O–H groups in total. The maximum atomic E-state index is 11.9. The Balaban J connectivity index is 0.00000259. The van der Waals surface area contributed by atoms with Crippen LogP contribution < -0.4 is 9.80 Å². The molecule has 2 aromatic heterocycles. The average Bonchev–Trinajstić information content (AvgIpc) is 3.24. The lowest BCUT2D eigenvalue weighted by Gasteiger charge is -2.37. The van der Waals surface area contributed by atoms with Crippen LogP contribution in [0.4, 0.5) is 11.5 Å². The van der Waals surface area contributed by atoms with Gasteiger partial charge in [-0.05, 0) is 42.8 Å². The quantitative estimate of drug-likeness (QED) is 0.492. The number of fused-ring (bicyclic) bond motifs is 1. The number of rotatable bonds is 4. The zero-order valence-electron chi connectivity index (χ0n) is 18.0. The normalized spacial score (nSPS) is 14.4. The number of hydrogen-bond donors (Lipinski definition) is 1. The number of H-pyrrole nitrogens is 1. The zero-order chi connectivity index (χ0) is 22.3. The minimum absolute atomic E-state index is 0. The molecule has 33 heavy (non-hydrogen) atoms. The summed E-state index contributed by atoms with van der Waals surface area (Å²) in [5, 5.41) is 8.14. The number of aromatic amines is 1. The zero-order valence-corrected chi connectivity index (χ0v) is 18.8. The Kier molecular flexibility index (Phi) is 6.07. The monoisotopic (exact) mass is 464 g/mol.